The summed E-state index contributed by atoms with van der Waals surface area (Å²) in [5.41, 5.74) is 1.01. The van der Waals surface area contributed by atoms with E-state index in [1.54, 1.807) is 31.2 Å². The van der Waals surface area contributed by atoms with E-state index in [1.165, 1.54) is 41.3 Å². The molecule has 0 radical (unpaired) electrons. The number of benzene rings is 3. The SMILES string of the molecule is CCCNC(=O)[C@@H](C)N(Cc1ccc(Cl)cc1)C(=O)COc1ccc(S(=O)(=O)Nc2ccc(F)cc2)cc1. The summed E-state index contributed by atoms with van der Waals surface area (Å²) < 4.78 is 46.3. The van der Waals surface area contributed by atoms with Crippen LogP contribution in [-0.2, 0) is 26.2 Å². The van der Waals surface area contributed by atoms with E-state index in [1.807, 2.05) is 6.92 Å². The van der Waals surface area contributed by atoms with Crippen molar-refractivity contribution >= 4 is 39.1 Å². The Kier molecular flexibility index (Phi) is 10.1. The summed E-state index contributed by atoms with van der Waals surface area (Å²) in [4.78, 5) is 27.1. The molecular formula is C27H29ClFN3O5S. The first-order valence-electron chi connectivity index (χ1n) is 11.9. The quantitative estimate of drug-likeness (QED) is 0.336. The van der Waals surface area contributed by atoms with Crippen molar-refractivity contribution in [3.05, 3.63) is 89.2 Å². The maximum atomic E-state index is 13.1. The number of halogens is 2. The molecule has 38 heavy (non-hydrogen) atoms. The average molecular weight is 562 g/mol. The molecule has 3 aromatic carbocycles. The van der Waals surface area contributed by atoms with Gasteiger partial charge in [0, 0.05) is 23.8 Å². The average Bonchev–Trinajstić information content (AvgIpc) is 2.91. The molecule has 0 aliphatic carbocycles. The predicted octanol–water partition coefficient (Wildman–Crippen LogP) is 4.60. The third-order valence-electron chi connectivity index (χ3n) is 5.58. The molecule has 0 unspecified atom stereocenters. The van der Waals surface area contributed by atoms with Crippen LogP contribution in [0.25, 0.3) is 0 Å². The van der Waals surface area contributed by atoms with Crippen molar-refractivity contribution in [2.75, 3.05) is 17.9 Å². The first-order valence-corrected chi connectivity index (χ1v) is 13.8. The second-order valence-corrected chi connectivity index (χ2v) is 10.6. The lowest BCUT2D eigenvalue weighted by Gasteiger charge is -2.28. The maximum Gasteiger partial charge on any atom is 0.261 e. The highest BCUT2D eigenvalue weighted by Crippen LogP contribution is 2.20. The molecule has 1 atom stereocenters. The van der Waals surface area contributed by atoms with Crippen LogP contribution >= 0.6 is 11.6 Å². The van der Waals surface area contributed by atoms with Gasteiger partial charge in [0.25, 0.3) is 15.9 Å². The second kappa shape index (κ2) is 13.3. The Hall–Kier alpha value is -3.63. The number of anilines is 1. The van der Waals surface area contributed by atoms with Gasteiger partial charge in [0.1, 0.15) is 17.6 Å². The standard InChI is InChI=1S/C27H29ClFN3O5S/c1-3-16-30-27(34)19(2)32(17-20-4-6-21(28)7-5-20)26(33)18-37-24-12-14-25(15-13-24)38(35,36)31-23-10-8-22(29)9-11-23/h4-15,19,31H,3,16-18H2,1-2H3,(H,30,34)/t19-/m1/s1. The monoisotopic (exact) mass is 561 g/mol. The van der Waals surface area contributed by atoms with Gasteiger partial charge in [-0.15, -0.1) is 0 Å². The van der Waals surface area contributed by atoms with Crippen molar-refractivity contribution in [1.82, 2.24) is 10.2 Å². The predicted molar refractivity (Wildman–Crippen MR) is 144 cm³/mol. The first kappa shape index (κ1) is 28.9. The van der Waals surface area contributed by atoms with E-state index in [0.717, 1.165) is 24.1 Å². The Balaban J connectivity index is 1.67. The van der Waals surface area contributed by atoms with Crippen molar-refractivity contribution in [1.29, 1.82) is 0 Å². The summed E-state index contributed by atoms with van der Waals surface area (Å²) in [6, 6.07) is 16.7. The lowest BCUT2D eigenvalue weighted by Crippen LogP contribution is -2.49. The van der Waals surface area contributed by atoms with Crippen LogP contribution in [0.15, 0.2) is 77.7 Å². The number of ether oxygens (including phenoxy) is 1. The first-order chi connectivity index (χ1) is 18.1. The lowest BCUT2D eigenvalue weighted by atomic mass is 10.1. The number of amides is 2. The fourth-order valence-electron chi connectivity index (χ4n) is 3.44. The summed E-state index contributed by atoms with van der Waals surface area (Å²) in [5, 5.41) is 3.36. The van der Waals surface area contributed by atoms with Gasteiger partial charge in [-0.3, -0.25) is 14.3 Å². The van der Waals surface area contributed by atoms with Crippen molar-refractivity contribution in [2.24, 2.45) is 0 Å². The van der Waals surface area contributed by atoms with Gasteiger partial charge in [-0.1, -0.05) is 30.7 Å². The van der Waals surface area contributed by atoms with Gasteiger partial charge in [0.05, 0.1) is 4.90 Å². The molecule has 0 aromatic heterocycles. The summed E-state index contributed by atoms with van der Waals surface area (Å²) >= 11 is 5.96. The molecule has 3 rings (SSSR count). The molecule has 0 aliphatic heterocycles. The number of nitrogens with zero attached hydrogens (tertiary/aromatic N) is 1. The van der Waals surface area contributed by atoms with E-state index in [4.69, 9.17) is 16.3 Å². The van der Waals surface area contributed by atoms with Crippen LogP contribution in [0.2, 0.25) is 5.02 Å². The third kappa shape index (κ3) is 8.19. The van der Waals surface area contributed by atoms with Gasteiger partial charge in [0.15, 0.2) is 6.61 Å². The van der Waals surface area contributed by atoms with E-state index < -0.39 is 27.8 Å². The van der Waals surface area contributed by atoms with Gasteiger partial charge in [0.2, 0.25) is 5.91 Å². The Bertz CT molecular complexity index is 1330. The molecule has 0 saturated heterocycles. The molecule has 3 aromatic rings. The summed E-state index contributed by atoms with van der Waals surface area (Å²) in [5.74, 6) is -0.911. The van der Waals surface area contributed by atoms with Crippen molar-refractivity contribution < 1.29 is 27.1 Å². The number of carbonyl (C=O) groups is 2. The van der Waals surface area contributed by atoms with E-state index in [0.29, 0.717) is 11.6 Å². The van der Waals surface area contributed by atoms with E-state index in [2.05, 4.69) is 10.0 Å². The topological polar surface area (TPSA) is 105 Å². The molecule has 202 valence electrons. The van der Waals surface area contributed by atoms with E-state index in [-0.39, 0.29) is 35.4 Å². The van der Waals surface area contributed by atoms with Crippen LogP contribution < -0.4 is 14.8 Å². The Labute approximate surface area is 226 Å². The maximum absolute atomic E-state index is 13.1. The number of carbonyl (C=O) groups excluding carboxylic acids is 2. The third-order valence-corrected chi connectivity index (χ3v) is 7.22. The van der Waals surface area contributed by atoms with Gasteiger partial charge >= 0.3 is 0 Å². The number of hydrogen-bond acceptors (Lipinski definition) is 5. The van der Waals surface area contributed by atoms with Crippen LogP contribution in [0, 0.1) is 5.82 Å². The number of nitrogens with one attached hydrogen (secondary N) is 2. The minimum absolute atomic E-state index is 0.0360. The number of hydrogen-bond donors (Lipinski definition) is 2. The molecule has 11 heteroatoms. The summed E-state index contributed by atoms with van der Waals surface area (Å²) in [6.07, 6.45) is 0.762. The molecule has 0 aliphatic rings. The van der Waals surface area contributed by atoms with Gasteiger partial charge in [-0.05, 0) is 79.6 Å². The molecular weight excluding hydrogens is 533 g/mol. The molecule has 0 bridgehead atoms. The van der Waals surface area contributed by atoms with Crippen LogP contribution in [0.3, 0.4) is 0 Å². The zero-order chi connectivity index (χ0) is 27.7. The molecule has 0 spiro atoms. The van der Waals surface area contributed by atoms with Crippen LogP contribution in [0.4, 0.5) is 10.1 Å². The highest BCUT2D eigenvalue weighted by Gasteiger charge is 2.26. The number of rotatable bonds is 12. The smallest absolute Gasteiger partial charge is 0.261 e. The van der Waals surface area contributed by atoms with Crippen molar-refractivity contribution in [3.8, 4) is 5.75 Å². The van der Waals surface area contributed by atoms with E-state index in [9.17, 15) is 22.4 Å². The molecule has 2 amide bonds. The van der Waals surface area contributed by atoms with Gasteiger partial charge < -0.3 is 15.0 Å². The molecule has 0 saturated carbocycles. The number of sulfonamides is 1. The second-order valence-electron chi connectivity index (χ2n) is 8.49. The fraction of sp³-hybridized carbons (Fsp3) is 0.259. The molecule has 2 N–H and O–H groups in total. The highest BCUT2D eigenvalue weighted by molar-refractivity contribution is 7.92. The fourth-order valence-corrected chi connectivity index (χ4v) is 4.62. The van der Waals surface area contributed by atoms with Gasteiger partial charge in [-0.2, -0.15) is 0 Å². The Morgan fingerprint density at radius 3 is 2.24 bits per heavy atom. The minimum Gasteiger partial charge on any atom is -0.484 e. The molecule has 0 heterocycles. The largest absolute Gasteiger partial charge is 0.484 e. The van der Waals surface area contributed by atoms with E-state index >= 15 is 0 Å². The van der Waals surface area contributed by atoms with Crippen LogP contribution in [0.5, 0.6) is 5.75 Å². The Morgan fingerprint density at radius 1 is 1.00 bits per heavy atom. The zero-order valence-corrected chi connectivity index (χ0v) is 22.6. The van der Waals surface area contributed by atoms with Crippen molar-refractivity contribution in [2.45, 2.75) is 37.8 Å². The summed E-state index contributed by atoms with van der Waals surface area (Å²) in [7, 11) is -3.91. The zero-order valence-electron chi connectivity index (χ0n) is 21.0. The van der Waals surface area contributed by atoms with Gasteiger partial charge in [-0.25, -0.2) is 12.8 Å². The molecule has 8 nitrogen and oxygen atoms in total. The summed E-state index contributed by atoms with van der Waals surface area (Å²) in [6.45, 7) is 3.89. The van der Waals surface area contributed by atoms with Crippen molar-refractivity contribution in [3.63, 3.8) is 0 Å². The minimum atomic E-state index is -3.91. The normalized spacial score (nSPS) is 11.9. The highest BCUT2D eigenvalue weighted by atomic mass is 35.5. The Morgan fingerprint density at radius 2 is 1.63 bits per heavy atom. The molecule has 0 fully saturated rings. The van der Waals surface area contributed by atoms with Crippen LogP contribution in [-0.4, -0.2) is 44.3 Å². The van der Waals surface area contributed by atoms with Crippen LogP contribution in [0.1, 0.15) is 25.8 Å². The lowest BCUT2D eigenvalue weighted by molar-refractivity contribution is -0.142.